The minimum atomic E-state index is 0.416. The van der Waals surface area contributed by atoms with E-state index in [2.05, 4.69) is 36.0 Å². The van der Waals surface area contributed by atoms with Gasteiger partial charge in [0.05, 0.1) is 0 Å². The van der Waals surface area contributed by atoms with Crippen molar-refractivity contribution in [1.82, 2.24) is 10.2 Å². The second-order valence-electron chi connectivity index (χ2n) is 4.73. The quantitative estimate of drug-likeness (QED) is 0.544. The summed E-state index contributed by atoms with van der Waals surface area (Å²) in [4.78, 5) is 6.89. The van der Waals surface area contributed by atoms with Crippen LogP contribution in [-0.4, -0.2) is 43.1 Å². The van der Waals surface area contributed by atoms with E-state index in [0.29, 0.717) is 17.9 Å². The van der Waals surface area contributed by atoms with Gasteiger partial charge in [0.2, 0.25) is 0 Å². The van der Waals surface area contributed by atoms with Crippen LogP contribution in [0.4, 0.5) is 0 Å². The predicted octanol–water partition coefficient (Wildman–Crippen LogP) is 1.03. The minimum absolute atomic E-state index is 0.416. The van der Waals surface area contributed by atoms with Gasteiger partial charge >= 0.3 is 0 Å². The Morgan fingerprint density at radius 1 is 1.56 bits per heavy atom. The highest BCUT2D eigenvalue weighted by Gasteiger charge is 2.20. The predicted molar refractivity (Wildman–Crippen MR) is 69.6 cm³/mol. The van der Waals surface area contributed by atoms with Gasteiger partial charge in [0.1, 0.15) is 0 Å². The lowest BCUT2D eigenvalue weighted by atomic mass is 10.1. The Hall–Kier alpha value is -0.770. The second kappa shape index (κ2) is 6.74. The minimum Gasteiger partial charge on any atom is -0.370 e. The lowest BCUT2D eigenvalue weighted by Gasteiger charge is -2.13. The summed E-state index contributed by atoms with van der Waals surface area (Å²) in [5.74, 6) is 1.29. The SMILES string of the molecule is CC[C@H](C)NC(N)=NC[C@@H]1CCN(CC)C1. The Morgan fingerprint density at radius 2 is 2.31 bits per heavy atom. The first-order valence-electron chi connectivity index (χ1n) is 6.44. The molecule has 16 heavy (non-hydrogen) atoms. The first kappa shape index (κ1) is 13.3. The van der Waals surface area contributed by atoms with Crippen LogP contribution in [0.2, 0.25) is 0 Å². The number of nitrogens with one attached hydrogen (secondary N) is 1. The number of aliphatic imine (C=N–C) groups is 1. The molecule has 1 saturated heterocycles. The summed E-state index contributed by atoms with van der Waals surface area (Å²) >= 11 is 0. The van der Waals surface area contributed by atoms with Crippen molar-refractivity contribution in [1.29, 1.82) is 0 Å². The molecule has 2 atom stereocenters. The topological polar surface area (TPSA) is 53.6 Å². The third kappa shape index (κ3) is 4.39. The molecule has 0 aromatic carbocycles. The fraction of sp³-hybridized carbons (Fsp3) is 0.917. The molecule has 0 spiro atoms. The maximum absolute atomic E-state index is 5.82. The zero-order valence-corrected chi connectivity index (χ0v) is 10.9. The lowest BCUT2D eigenvalue weighted by molar-refractivity contribution is 0.343. The van der Waals surface area contributed by atoms with Crippen molar-refractivity contribution >= 4 is 5.96 Å². The maximum Gasteiger partial charge on any atom is 0.188 e. The molecule has 1 aliphatic rings. The Morgan fingerprint density at radius 3 is 2.88 bits per heavy atom. The van der Waals surface area contributed by atoms with Gasteiger partial charge in [-0.15, -0.1) is 0 Å². The number of hydrogen-bond donors (Lipinski definition) is 2. The summed E-state index contributed by atoms with van der Waals surface area (Å²) in [6.07, 6.45) is 2.33. The first-order valence-corrected chi connectivity index (χ1v) is 6.44. The summed E-state index contributed by atoms with van der Waals surface area (Å²) in [6.45, 7) is 10.9. The molecule has 0 bridgehead atoms. The van der Waals surface area contributed by atoms with Crippen molar-refractivity contribution < 1.29 is 0 Å². The average Bonchev–Trinajstić information content (AvgIpc) is 2.74. The Kier molecular flexibility index (Phi) is 5.60. The molecule has 0 amide bonds. The number of hydrogen-bond acceptors (Lipinski definition) is 2. The van der Waals surface area contributed by atoms with Crippen LogP contribution in [0.3, 0.4) is 0 Å². The van der Waals surface area contributed by atoms with Crippen LogP contribution in [-0.2, 0) is 0 Å². The molecule has 0 saturated carbocycles. The van der Waals surface area contributed by atoms with E-state index < -0.39 is 0 Å². The van der Waals surface area contributed by atoms with Crippen LogP contribution in [0.25, 0.3) is 0 Å². The average molecular weight is 226 g/mol. The molecule has 1 rings (SSSR count). The smallest absolute Gasteiger partial charge is 0.188 e. The Labute approximate surface area is 99.3 Å². The highest BCUT2D eigenvalue weighted by Crippen LogP contribution is 2.15. The van der Waals surface area contributed by atoms with E-state index >= 15 is 0 Å². The van der Waals surface area contributed by atoms with E-state index in [1.54, 1.807) is 0 Å². The first-order chi connectivity index (χ1) is 7.65. The van der Waals surface area contributed by atoms with Crippen LogP contribution in [0.5, 0.6) is 0 Å². The number of nitrogens with two attached hydrogens (primary N) is 1. The van der Waals surface area contributed by atoms with Crippen molar-refractivity contribution in [3.63, 3.8) is 0 Å². The Bertz CT molecular complexity index is 227. The van der Waals surface area contributed by atoms with Crippen molar-refractivity contribution in [3.8, 4) is 0 Å². The van der Waals surface area contributed by atoms with Crippen LogP contribution in [0.1, 0.15) is 33.6 Å². The molecule has 4 heteroatoms. The van der Waals surface area contributed by atoms with Crippen molar-refractivity contribution in [2.75, 3.05) is 26.2 Å². The normalized spacial score (nSPS) is 24.7. The zero-order chi connectivity index (χ0) is 12.0. The van der Waals surface area contributed by atoms with Gasteiger partial charge in [0, 0.05) is 19.1 Å². The van der Waals surface area contributed by atoms with E-state index in [-0.39, 0.29) is 0 Å². The molecule has 1 aliphatic heterocycles. The van der Waals surface area contributed by atoms with Gasteiger partial charge in [-0.1, -0.05) is 13.8 Å². The van der Waals surface area contributed by atoms with Gasteiger partial charge in [0.15, 0.2) is 5.96 Å². The van der Waals surface area contributed by atoms with Crippen molar-refractivity contribution in [3.05, 3.63) is 0 Å². The van der Waals surface area contributed by atoms with Crippen LogP contribution >= 0.6 is 0 Å². The van der Waals surface area contributed by atoms with Crippen LogP contribution in [0, 0.1) is 5.92 Å². The molecular formula is C12H26N4. The van der Waals surface area contributed by atoms with Gasteiger partial charge < -0.3 is 16.0 Å². The van der Waals surface area contributed by atoms with E-state index in [1.165, 1.54) is 19.5 Å². The number of nitrogens with zero attached hydrogens (tertiary/aromatic N) is 2. The maximum atomic E-state index is 5.82. The van der Waals surface area contributed by atoms with Crippen LogP contribution in [0.15, 0.2) is 4.99 Å². The van der Waals surface area contributed by atoms with Gasteiger partial charge in [-0.25, -0.2) is 0 Å². The van der Waals surface area contributed by atoms with Crippen molar-refractivity contribution in [2.45, 2.75) is 39.7 Å². The third-order valence-electron chi connectivity index (χ3n) is 3.34. The molecule has 0 aromatic rings. The number of likely N-dealkylation sites (tertiary alicyclic amines) is 1. The molecule has 4 nitrogen and oxygen atoms in total. The third-order valence-corrected chi connectivity index (χ3v) is 3.34. The molecule has 94 valence electrons. The molecule has 0 aliphatic carbocycles. The van der Waals surface area contributed by atoms with Crippen LogP contribution < -0.4 is 11.1 Å². The Balaban J connectivity index is 2.25. The van der Waals surface area contributed by atoms with Crippen molar-refractivity contribution in [2.24, 2.45) is 16.6 Å². The summed E-state index contributed by atoms with van der Waals surface area (Å²) in [7, 11) is 0. The summed E-state index contributed by atoms with van der Waals surface area (Å²) in [5, 5.41) is 3.19. The second-order valence-corrected chi connectivity index (χ2v) is 4.73. The van der Waals surface area contributed by atoms with E-state index in [4.69, 9.17) is 5.73 Å². The largest absolute Gasteiger partial charge is 0.370 e. The number of rotatable bonds is 5. The molecule has 1 heterocycles. The lowest BCUT2D eigenvalue weighted by Crippen LogP contribution is -2.38. The summed E-state index contributed by atoms with van der Waals surface area (Å²) in [5.41, 5.74) is 5.82. The van der Waals surface area contributed by atoms with E-state index in [1.807, 2.05) is 0 Å². The summed E-state index contributed by atoms with van der Waals surface area (Å²) in [6, 6.07) is 0.416. The molecule has 3 N–H and O–H groups in total. The molecule has 0 aromatic heterocycles. The fourth-order valence-corrected chi connectivity index (χ4v) is 1.98. The monoisotopic (exact) mass is 226 g/mol. The molecule has 0 unspecified atom stereocenters. The van der Waals surface area contributed by atoms with Gasteiger partial charge in [0.25, 0.3) is 0 Å². The molecular weight excluding hydrogens is 200 g/mol. The number of guanidine groups is 1. The highest BCUT2D eigenvalue weighted by molar-refractivity contribution is 5.78. The molecule has 1 fully saturated rings. The molecule has 0 radical (unpaired) electrons. The standard InChI is InChI=1S/C12H26N4/c1-4-10(3)15-12(13)14-8-11-6-7-16(5-2)9-11/h10-11H,4-9H2,1-3H3,(H3,13,14,15)/t10-,11-/m0/s1. The van der Waals surface area contributed by atoms with E-state index in [9.17, 15) is 0 Å². The zero-order valence-electron chi connectivity index (χ0n) is 10.9. The van der Waals surface area contributed by atoms with E-state index in [0.717, 1.165) is 19.5 Å². The summed E-state index contributed by atoms with van der Waals surface area (Å²) < 4.78 is 0. The highest BCUT2D eigenvalue weighted by atomic mass is 15.2. The van der Waals surface area contributed by atoms with Gasteiger partial charge in [-0.2, -0.15) is 0 Å². The van der Waals surface area contributed by atoms with Gasteiger partial charge in [-0.05, 0) is 38.8 Å². The van der Waals surface area contributed by atoms with Gasteiger partial charge in [-0.3, -0.25) is 4.99 Å². The fourth-order valence-electron chi connectivity index (χ4n) is 1.98.